The Hall–Kier alpha value is -2.44. The molecule has 0 aliphatic carbocycles. The third-order valence-corrected chi connectivity index (χ3v) is 3.58. The molecular weight excluding hydrogens is 312 g/mol. The molecule has 0 aromatic heterocycles. The second-order valence-corrected chi connectivity index (χ2v) is 6.90. The van der Waals surface area contributed by atoms with Crippen LogP contribution in [0.1, 0.15) is 33.3 Å². The molecule has 1 aliphatic rings. The van der Waals surface area contributed by atoms with Crippen LogP contribution in [0.4, 0.5) is 4.79 Å². The lowest BCUT2D eigenvalue weighted by molar-refractivity contribution is -0.133. The molecule has 1 aromatic rings. The molecule has 0 spiro atoms. The average molecular weight is 336 g/mol. The van der Waals surface area contributed by atoms with Crippen molar-refractivity contribution in [1.82, 2.24) is 4.90 Å². The maximum atomic E-state index is 12.1. The van der Waals surface area contributed by atoms with Crippen LogP contribution in [0.2, 0.25) is 0 Å². The molecule has 1 aliphatic heterocycles. The first-order valence-electron chi connectivity index (χ1n) is 7.78. The maximum Gasteiger partial charge on any atom is 0.410 e. The molecular formula is C17H24N2O5. The first-order chi connectivity index (χ1) is 11.1. The van der Waals surface area contributed by atoms with Crippen molar-refractivity contribution in [2.75, 3.05) is 7.05 Å². The summed E-state index contributed by atoms with van der Waals surface area (Å²) in [6.07, 6.45) is -0.852. The molecule has 1 aromatic carbocycles. The second-order valence-electron chi connectivity index (χ2n) is 6.90. The molecule has 2 unspecified atom stereocenters. The molecule has 2 rings (SSSR count). The van der Waals surface area contributed by atoms with E-state index in [2.05, 4.69) is 0 Å². The van der Waals surface area contributed by atoms with Crippen LogP contribution in [0.15, 0.2) is 18.2 Å². The smallest absolute Gasteiger partial charge is 0.410 e. The van der Waals surface area contributed by atoms with Gasteiger partial charge in [0.2, 0.25) is 0 Å². The summed E-state index contributed by atoms with van der Waals surface area (Å²) in [4.78, 5) is 24.8. The summed E-state index contributed by atoms with van der Waals surface area (Å²) in [6, 6.07) is 5.31. The SMILES string of the molecule is CC(Cc1ccc2c(c1)OC(C(N)=O)O2)N(C)C(=O)OC(C)(C)C. The van der Waals surface area contributed by atoms with Gasteiger partial charge in [-0.25, -0.2) is 4.79 Å². The van der Waals surface area contributed by atoms with E-state index in [1.807, 2.05) is 33.8 Å². The van der Waals surface area contributed by atoms with E-state index in [0.29, 0.717) is 17.9 Å². The number of nitrogens with two attached hydrogens (primary N) is 1. The molecule has 0 fully saturated rings. The van der Waals surface area contributed by atoms with Gasteiger partial charge in [0.25, 0.3) is 5.91 Å². The Labute approximate surface area is 141 Å². The number of hydrogen-bond acceptors (Lipinski definition) is 5. The van der Waals surface area contributed by atoms with Crippen molar-refractivity contribution in [1.29, 1.82) is 0 Å². The topological polar surface area (TPSA) is 91.1 Å². The van der Waals surface area contributed by atoms with E-state index < -0.39 is 17.8 Å². The van der Waals surface area contributed by atoms with Crippen molar-refractivity contribution in [3.63, 3.8) is 0 Å². The molecule has 0 radical (unpaired) electrons. The van der Waals surface area contributed by atoms with Gasteiger partial charge in [-0.2, -0.15) is 0 Å². The van der Waals surface area contributed by atoms with E-state index in [9.17, 15) is 9.59 Å². The number of fused-ring (bicyclic) bond motifs is 1. The summed E-state index contributed by atoms with van der Waals surface area (Å²) < 4.78 is 16.0. The molecule has 0 saturated carbocycles. The number of likely N-dealkylation sites (N-methyl/N-ethyl adjacent to an activating group) is 1. The highest BCUT2D eigenvalue weighted by atomic mass is 16.7. The Kier molecular flexibility index (Phi) is 4.91. The van der Waals surface area contributed by atoms with Crippen LogP contribution in [0.3, 0.4) is 0 Å². The zero-order valence-corrected chi connectivity index (χ0v) is 14.7. The Balaban J connectivity index is 2.01. The molecule has 1 heterocycles. The molecule has 24 heavy (non-hydrogen) atoms. The monoisotopic (exact) mass is 336 g/mol. The van der Waals surface area contributed by atoms with E-state index >= 15 is 0 Å². The van der Waals surface area contributed by atoms with Gasteiger partial charge in [0.05, 0.1) is 0 Å². The van der Waals surface area contributed by atoms with Crippen molar-refractivity contribution >= 4 is 12.0 Å². The van der Waals surface area contributed by atoms with E-state index in [-0.39, 0.29) is 12.1 Å². The minimum atomic E-state index is -1.09. The van der Waals surface area contributed by atoms with Crippen LogP contribution in [0.5, 0.6) is 11.5 Å². The van der Waals surface area contributed by atoms with Gasteiger partial charge in [0.15, 0.2) is 11.5 Å². The van der Waals surface area contributed by atoms with Crippen LogP contribution < -0.4 is 15.2 Å². The highest BCUT2D eigenvalue weighted by Crippen LogP contribution is 2.35. The fourth-order valence-electron chi connectivity index (χ4n) is 2.23. The summed E-state index contributed by atoms with van der Waals surface area (Å²) in [6.45, 7) is 7.42. The molecule has 2 amide bonds. The van der Waals surface area contributed by atoms with Crippen molar-refractivity contribution in [2.45, 2.75) is 52.0 Å². The number of rotatable bonds is 4. The molecule has 2 atom stereocenters. The number of primary amides is 1. The molecule has 0 bridgehead atoms. The lowest BCUT2D eigenvalue weighted by Gasteiger charge is -2.28. The van der Waals surface area contributed by atoms with Gasteiger partial charge in [-0.05, 0) is 51.8 Å². The summed E-state index contributed by atoms with van der Waals surface area (Å²) in [5, 5.41) is 0. The molecule has 7 nitrogen and oxygen atoms in total. The molecule has 132 valence electrons. The van der Waals surface area contributed by atoms with Crippen LogP contribution in [0, 0.1) is 0 Å². The predicted octanol–water partition coefficient (Wildman–Crippen LogP) is 2.07. The van der Waals surface area contributed by atoms with Gasteiger partial charge >= 0.3 is 12.4 Å². The van der Waals surface area contributed by atoms with Gasteiger partial charge < -0.3 is 24.8 Å². The number of ether oxygens (including phenoxy) is 3. The van der Waals surface area contributed by atoms with Crippen LogP contribution >= 0.6 is 0 Å². The van der Waals surface area contributed by atoms with Crippen LogP contribution in [-0.4, -0.2) is 41.9 Å². The standard InChI is InChI=1S/C17H24N2O5/c1-10(19(5)16(21)24-17(2,3)4)8-11-6-7-12-13(9-11)23-15(22-12)14(18)20/h6-7,9-10,15H,8H2,1-5H3,(H2,18,20). The molecule has 2 N–H and O–H groups in total. The number of carbonyl (C=O) groups is 2. The van der Waals surface area contributed by atoms with Gasteiger partial charge in [-0.3, -0.25) is 4.79 Å². The highest BCUT2D eigenvalue weighted by Gasteiger charge is 2.29. The van der Waals surface area contributed by atoms with E-state index in [4.69, 9.17) is 19.9 Å². The van der Waals surface area contributed by atoms with Gasteiger partial charge in [-0.15, -0.1) is 0 Å². The zero-order chi connectivity index (χ0) is 18.1. The largest absolute Gasteiger partial charge is 0.444 e. The number of hydrogen-bond donors (Lipinski definition) is 1. The lowest BCUT2D eigenvalue weighted by Crippen LogP contribution is -2.40. The van der Waals surface area contributed by atoms with Gasteiger partial charge in [0.1, 0.15) is 5.60 Å². The van der Waals surface area contributed by atoms with Crippen LogP contribution in [0.25, 0.3) is 0 Å². The fourth-order valence-corrected chi connectivity index (χ4v) is 2.23. The van der Waals surface area contributed by atoms with Crippen molar-refractivity contribution in [3.05, 3.63) is 23.8 Å². The van der Waals surface area contributed by atoms with E-state index in [1.54, 1.807) is 24.1 Å². The fraction of sp³-hybridized carbons (Fsp3) is 0.529. The van der Waals surface area contributed by atoms with Crippen molar-refractivity contribution in [3.8, 4) is 11.5 Å². The molecule has 0 saturated heterocycles. The lowest BCUT2D eigenvalue weighted by atomic mass is 10.1. The quantitative estimate of drug-likeness (QED) is 0.909. The Morgan fingerprint density at radius 3 is 2.50 bits per heavy atom. The maximum absolute atomic E-state index is 12.1. The summed E-state index contributed by atoms with van der Waals surface area (Å²) in [5.74, 6) is 0.282. The second kappa shape index (κ2) is 6.59. The minimum absolute atomic E-state index is 0.0767. The third kappa shape index (κ3) is 4.31. The number of carbonyl (C=O) groups excluding carboxylic acids is 2. The number of nitrogens with zero attached hydrogens (tertiary/aromatic N) is 1. The first kappa shape index (κ1) is 17.9. The molecule has 7 heteroatoms. The number of amides is 2. The Bertz CT molecular complexity index is 638. The Morgan fingerprint density at radius 1 is 1.29 bits per heavy atom. The van der Waals surface area contributed by atoms with Crippen molar-refractivity contribution < 1.29 is 23.8 Å². The first-order valence-corrected chi connectivity index (χ1v) is 7.78. The normalized spacial score (nSPS) is 17.3. The van der Waals surface area contributed by atoms with E-state index in [0.717, 1.165) is 5.56 Å². The average Bonchev–Trinajstić information content (AvgIpc) is 2.88. The Morgan fingerprint density at radius 2 is 1.92 bits per heavy atom. The minimum Gasteiger partial charge on any atom is -0.444 e. The zero-order valence-electron chi connectivity index (χ0n) is 14.7. The van der Waals surface area contributed by atoms with Gasteiger partial charge in [0, 0.05) is 13.1 Å². The predicted molar refractivity (Wildman–Crippen MR) is 87.8 cm³/mol. The summed E-state index contributed by atoms with van der Waals surface area (Å²) in [7, 11) is 1.70. The van der Waals surface area contributed by atoms with E-state index in [1.165, 1.54) is 0 Å². The summed E-state index contributed by atoms with van der Waals surface area (Å²) in [5.41, 5.74) is 5.59. The number of benzene rings is 1. The highest BCUT2D eigenvalue weighted by molar-refractivity contribution is 5.79. The van der Waals surface area contributed by atoms with Crippen LogP contribution in [-0.2, 0) is 16.0 Å². The van der Waals surface area contributed by atoms with Crippen molar-refractivity contribution in [2.24, 2.45) is 5.73 Å². The van der Waals surface area contributed by atoms with Gasteiger partial charge in [-0.1, -0.05) is 6.07 Å². The summed E-state index contributed by atoms with van der Waals surface area (Å²) >= 11 is 0. The third-order valence-electron chi connectivity index (χ3n) is 3.58.